The summed E-state index contributed by atoms with van der Waals surface area (Å²) in [5, 5.41) is 11.7. The van der Waals surface area contributed by atoms with Gasteiger partial charge in [0, 0.05) is 16.9 Å². The lowest BCUT2D eigenvalue weighted by molar-refractivity contribution is 0.0935. The van der Waals surface area contributed by atoms with E-state index in [-0.39, 0.29) is 35.1 Å². The van der Waals surface area contributed by atoms with Crippen LogP contribution in [-0.2, 0) is 0 Å². The molecule has 2 unspecified atom stereocenters. The van der Waals surface area contributed by atoms with Gasteiger partial charge >= 0.3 is 0 Å². The molecule has 100 valence electrons. The molecule has 4 nitrogen and oxygen atoms in total. The second-order valence-corrected chi connectivity index (χ2v) is 5.03. The highest BCUT2D eigenvalue weighted by molar-refractivity contribution is 7.99. The average Bonchev–Trinajstić information content (AvgIpc) is 2.34. The molecule has 0 saturated heterocycles. The molecule has 1 aromatic carbocycles. The molecule has 0 heterocycles. The lowest BCUT2D eigenvalue weighted by Gasteiger charge is -2.21. The minimum atomic E-state index is -0.612. The van der Waals surface area contributed by atoms with E-state index in [2.05, 4.69) is 5.32 Å². The van der Waals surface area contributed by atoms with Crippen molar-refractivity contribution in [2.75, 3.05) is 18.6 Å². The van der Waals surface area contributed by atoms with E-state index >= 15 is 0 Å². The van der Waals surface area contributed by atoms with Crippen LogP contribution in [0, 0.1) is 5.82 Å². The number of amides is 1. The number of benzene rings is 1. The van der Waals surface area contributed by atoms with Crippen molar-refractivity contribution in [2.24, 2.45) is 0 Å². The highest BCUT2D eigenvalue weighted by Crippen LogP contribution is 2.14. The lowest BCUT2D eigenvalue weighted by Crippen LogP contribution is -2.41. The summed E-state index contributed by atoms with van der Waals surface area (Å²) in [4.78, 5) is 11.8. The van der Waals surface area contributed by atoms with Crippen molar-refractivity contribution >= 4 is 23.4 Å². The molecule has 0 aliphatic rings. The van der Waals surface area contributed by atoms with Gasteiger partial charge in [0.15, 0.2) is 0 Å². The van der Waals surface area contributed by atoms with Crippen molar-refractivity contribution in [3.63, 3.8) is 0 Å². The fraction of sp³-hybridized carbons (Fsp3) is 0.417. The molecule has 0 bridgehead atoms. The Hall–Kier alpha value is -1.27. The van der Waals surface area contributed by atoms with Crippen LogP contribution in [0.5, 0.6) is 0 Å². The third kappa shape index (κ3) is 3.61. The summed E-state index contributed by atoms with van der Waals surface area (Å²) in [6.45, 7) is 1.77. The first-order valence-corrected chi connectivity index (χ1v) is 6.78. The number of carbonyl (C=O) groups is 1. The molecule has 2 atom stereocenters. The predicted molar refractivity (Wildman–Crippen MR) is 72.1 cm³/mol. The molecule has 0 spiro atoms. The summed E-state index contributed by atoms with van der Waals surface area (Å²) >= 11 is 1.46. The maximum atomic E-state index is 13.2. The first kappa shape index (κ1) is 14.8. The van der Waals surface area contributed by atoms with Crippen LogP contribution in [0.4, 0.5) is 10.1 Å². The second-order valence-electron chi connectivity index (χ2n) is 3.96. The first-order valence-electron chi connectivity index (χ1n) is 5.49. The van der Waals surface area contributed by atoms with Gasteiger partial charge in [-0.25, -0.2) is 4.39 Å². The number of aliphatic hydroxyl groups is 1. The fourth-order valence-corrected chi connectivity index (χ4v) is 2.11. The summed E-state index contributed by atoms with van der Waals surface area (Å²) in [6, 6.07) is 3.71. The monoisotopic (exact) mass is 272 g/mol. The Morgan fingerprint density at radius 3 is 2.78 bits per heavy atom. The number of halogens is 1. The van der Waals surface area contributed by atoms with Gasteiger partial charge in [0.1, 0.15) is 5.82 Å². The van der Waals surface area contributed by atoms with E-state index in [1.807, 2.05) is 6.26 Å². The van der Waals surface area contributed by atoms with Gasteiger partial charge in [0.25, 0.3) is 5.91 Å². The number of anilines is 1. The largest absolute Gasteiger partial charge is 0.396 e. The molecule has 1 aromatic rings. The summed E-state index contributed by atoms with van der Waals surface area (Å²) < 4.78 is 13.2. The minimum absolute atomic E-state index is 0.0111. The Balaban J connectivity index is 2.73. The predicted octanol–water partition coefficient (Wildman–Crippen LogP) is 1.25. The molecule has 0 fully saturated rings. The molecule has 0 saturated carbocycles. The normalized spacial score (nSPS) is 14.0. The number of nitrogens with two attached hydrogens (primary N) is 1. The quantitative estimate of drug-likeness (QED) is 0.705. The molecule has 18 heavy (non-hydrogen) atoms. The molecule has 0 aromatic heterocycles. The van der Waals surface area contributed by atoms with Gasteiger partial charge in [0.05, 0.1) is 12.3 Å². The molecule has 0 radical (unpaired) electrons. The van der Waals surface area contributed by atoms with E-state index in [4.69, 9.17) is 10.8 Å². The number of nitrogen functional groups attached to an aromatic ring is 1. The summed E-state index contributed by atoms with van der Waals surface area (Å²) in [5.74, 6) is -0.993. The smallest absolute Gasteiger partial charge is 0.251 e. The zero-order valence-corrected chi connectivity index (χ0v) is 11.1. The van der Waals surface area contributed by atoms with E-state index in [0.717, 1.165) is 6.07 Å². The third-order valence-corrected chi connectivity index (χ3v) is 3.82. The van der Waals surface area contributed by atoms with Crippen LogP contribution in [-0.4, -0.2) is 35.2 Å². The van der Waals surface area contributed by atoms with Crippen molar-refractivity contribution in [2.45, 2.75) is 18.2 Å². The topological polar surface area (TPSA) is 75.3 Å². The Morgan fingerprint density at radius 2 is 2.28 bits per heavy atom. The Labute approximate surface area is 110 Å². The fourth-order valence-electron chi connectivity index (χ4n) is 1.49. The summed E-state index contributed by atoms with van der Waals surface area (Å²) in [5.41, 5.74) is 5.56. The van der Waals surface area contributed by atoms with Gasteiger partial charge in [-0.1, -0.05) is 0 Å². The van der Waals surface area contributed by atoms with E-state index in [1.54, 1.807) is 6.92 Å². The molecule has 1 rings (SSSR count). The van der Waals surface area contributed by atoms with E-state index in [9.17, 15) is 9.18 Å². The van der Waals surface area contributed by atoms with Crippen molar-refractivity contribution in [1.82, 2.24) is 5.32 Å². The van der Waals surface area contributed by atoms with Crippen molar-refractivity contribution in [3.8, 4) is 0 Å². The number of aliphatic hydroxyl groups excluding tert-OH is 1. The van der Waals surface area contributed by atoms with E-state index in [0.29, 0.717) is 0 Å². The molecule has 1 amide bonds. The second kappa shape index (κ2) is 6.61. The standard InChI is InChI=1S/C12H17FN2O2S/c1-7(11(6-16)18-2)15-12(17)8-3-4-10(14)9(13)5-8/h3-5,7,11,16H,6,14H2,1-2H3,(H,15,17). The van der Waals surface area contributed by atoms with Crippen LogP contribution >= 0.6 is 11.8 Å². The molecule has 6 heteroatoms. The average molecular weight is 272 g/mol. The minimum Gasteiger partial charge on any atom is -0.396 e. The zero-order chi connectivity index (χ0) is 13.7. The van der Waals surface area contributed by atoms with Gasteiger partial charge in [-0.05, 0) is 31.4 Å². The zero-order valence-electron chi connectivity index (χ0n) is 10.3. The summed E-state index contributed by atoms with van der Waals surface area (Å²) in [7, 11) is 0. The van der Waals surface area contributed by atoms with Crippen molar-refractivity contribution in [1.29, 1.82) is 0 Å². The van der Waals surface area contributed by atoms with Gasteiger partial charge in [-0.15, -0.1) is 0 Å². The number of rotatable bonds is 5. The molecular formula is C12H17FN2O2S. The van der Waals surface area contributed by atoms with E-state index < -0.39 is 5.82 Å². The van der Waals surface area contributed by atoms with Crippen LogP contribution in [0.25, 0.3) is 0 Å². The molecule has 0 aliphatic carbocycles. The molecular weight excluding hydrogens is 255 g/mol. The Bertz CT molecular complexity index is 425. The number of thioether (sulfide) groups is 1. The van der Waals surface area contributed by atoms with Crippen molar-refractivity contribution < 1.29 is 14.3 Å². The van der Waals surface area contributed by atoms with Gasteiger partial charge in [0.2, 0.25) is 0 Å². The van der Waals surface area contributed by atoms with Crippen LogP contribution in [0.2, 0.25) is 0 Å². The number of hydrogen-bond donors (Lipinski definition) is 3. The van der Waals surface area contributed by atoms with Gasteiger partial charge in [-0.3, -0.25) is 4.79 Å². The number of nitrogens with one attached hydrogen (secondary N) is 1. The third-order valence-electron chi connectivity index (χ3n) is 2.66. The number of carbonyl (C=O) groups excluding carboxylic acids is 1. The highest BCUT2D eigenvalue weighted by atomic mass is 32.2. The van der Waals surface area contributed by atoms with Crippen molar-refractivity contribution in [3.05, 3.63) is 29.6 Å². The lowest BCUT2D eigenvalue weighted by atomic mass is 10.1. The van der Waals surface area contributed by atoms with Crippen LogP contribution in [0.1, 0.15) is 17.3 Å². The highest BCUT2D eigenvalue weighted by Gasteiger charge is 2.18. The summed E-state index contributed by atoms with van der Waals surface area (Å²) in [6.07, 6.45) is 1.85. The maximum Gasteiger partial charge on any atom is 0.251 e. The number of hydrogen-bond acceptors (Lipinski definition) is 4. The molecule has 4 N–H and O–H groups in total. The Kier molecular flexibility index (Phi) is 5.43. The van der Waals surface area contributed by atoms with Crippen LogP contribution in [0.15, 0.2) is 18.2 Å². The SMILES string of the molecule is CSC(CO)C(C)NC(=O)c1ccc(N)c(F)c1. The van der Waals surface area contributed by atoms with Crippen LogP contribution < -0.4 is 11.1 Å². The molecule has 0 aliphatic heterocycles. The Morgan fingerprint density at radius 1 is 1.61 bits per heavy atom. The first-order chi connectivity index (χ1) is 8.49. The van der Waals surface area contributed by atoms with Gasteiger partial charge < -0.3 is 16.2 Å². The van der Waals surface area contributed by atoms with Gasteiger partial charge in [-0.2, -0.15) is 11.8 Å². The van der Waals surface area contributed by atoms with E-state index in [1.165, 1.54) is 23.9 Å². The van der Waals surface area contributed by atoms with Crippen LogP contribution in [0.3, 0.4) is 0 Å². The maximum absolute atomic E-state index is 13.2.